The van der Waals surface area contributed by atoms with E-state index in [1.54, 1.807) is 31.4 Å². The molecule has 2 aliphatic heterocycles. The molecule has 2 atom stereocenters. The average Bonchev–Trinajstić information content (AvgIpc) is 3.08. The third kappa shape index (κ3) is 2.88. The zero-order valence-corrected chi connectivity index (χ0v) is 16.5. The lowest BCUT2D eigenvalue weighted by molar-refractivity contribution is -0.149. The summed E-state index contributed by atoms with van der Waals surface area (Å²) in [6.45, 7) is 2.00. The number of carbonyl (C=O) groups is 1. The van der Waals surface area contributed by atoms with Crippen LogP contribution in [0.3, 0.4) is 0 Å². The van der Waals surface area contributed by atoms with Gasteiger partial charge >= 0.3 is 0 Å². The standard InChI is InChI=1S/C22H20N2O3S/c1-14-3-5-15(6-4-14)18-11-20(25)24-21(19(18)12-23)28-13-22(24,26)16-7-9-17(27-2)10-8-16/h3-10,18,26H,11,13H2,1-2H3/t18-,22+/m0/s1. The minimum atomic E-state index is -1.47. The Morgan fingerprint density at radius 3 is 2.50 bits per heavy atom. The molecule has 0 aromatic heterocycles. The number of hydrogen-bond donors (Lipinski definition) is 1. The van der Waals surface area contributed by atoms with Gasteiger partial charge in [0.2, 0.25) is 5.91 Å². The highest BCUT2D eigenvalue weighted by molar-refractivity contribution is 8.03. The second kappa shape index (κ2) is 7.01. The van der Waals surface area contributed by atoms with Crippen molar-refractivity contribution in [3.05, 3.63) is 75.8 Å². The molecule has 2 heterocycles. The first kappa shape index (κ1) is 18.6. The third-order valence-electron chi connectivity index (χ3n) is 5.34. The summed E-state index contributed by atoms with van der Waals surface area (Å²) in [5.41, 5.74) is 1.75. The van der Waals surface area contributed by atoms with E-state index in [4.69, 9.17) is 4.74 Å². The van der Waals surface area contributed by atoms with Crippen LogP contribution in [0.5, 0.6) is 5.75 Å². The maximum absolute atomic E-state index is 13.1. The first-order valence-electron chi connectivity index (χ1n) is 9.01. The van der Waals surface area contributed by atoms with Crippen molar-refractivity contribution in [3.63, 3.8) is 0 Å². The zero-order valence-electron chi connectivity index (χ0n) is 15.7. The monoisotopic (exact) mass is 392 g/mol. The highest BCUT2D eigenvalue weighted by atomic mass is 32.2. The number of nitriles is 1. The molecule has 1 saturated heterocycles. The molecule has 4 rings (SSSR count). The lowest BCUT2D eigenvalue weighted by Gasteiger charge is -2.38. The van der Waals surface area contributed by atoms with Gasteiger partial charge in [-0.15, -0.1) is 11.8 Å². The molecule has 0 bridgehead atoms. The summed E-state index contributed by atoms with van der Waals surface area (Å²) >= 11 is 1.36. The molecule has 0 radical (unpaired) electrons. The van der Waals surface area contributed by atoms with Crippen LogP contribution < -0.4 is 4.74 Å². The van der Waals surface area contributed by atoms with Crippen LogP contribution in [0.1, 0.15) is 29.0 Å². The van der Waals surface area contributed by atoms with Gasteiger partial charge in [-0.2, -0.15) is 5.26 Å². The lowest BCUT2D eigenvalue weighted by atomic mass is 9.85. The van der Waals surface area contributed by atoms with Crippen LogP contribution in [0.4, 0.5) is 0 Å². The SMILES string of the molecule is COc1ccc([C@]2(O)CSC3=C(C#N)[C@H](c4ccc(C)cc4)CC(=O)N32)cc1. The van der Waals surface area contributed by atoms with Gasteiger partial charge in [-0.3, -0.25) is 9.69 Å². The molecule has 1 N–H and O–H groups in total. The van der Waals surface area contributed by atoms with Crippen LogP contribution in [0.15, 0.2) is 59.1 Å². The fraction of sp³-hybridized carbons (Fsp3) is 0.273. The van der Waals surface area contributed by atoms with Crippen LogP contribution in [-0.4, -0.2) is 28.8 Å². The minimum Gasteiger partial charge on any atom is -0.497 e. The Morgan fingerprint density at radius 2 is 1.89 bits per heavy atom. The first-order chi connectivity index (χ1) is 13.5. The third-order valence-corrected chi connectivity index (χ3v) is 6.57. The van der Waals surface area contributed by atoms with Crippen molar-refractivity contribution < 1.29 is 14.6 Å². The van der Waals surface area contributed by atoms with Crippen LogP contribution in [0.25, 0.3) is 0 Å². The van der Waals surface area contributed by atoms with Crippen molar-refractivity contribution in [3.8, 4) is 11.8 Å². The Labute approximate surface area is 168 Å². The van der Waals surface area contributed by atoms with Crippen molar-refractivity contribution >= 4 is 17.7 Å². The molecule has 1 fully saturated rings. The average molecular weight is 392 g/mol. The number of fused-ring (bicyclic) bond motifs is 1. The van der Waals surface area contributed by atoms with E-state index in [2.05, 4.69) is 6.07 Å². The first-order valence-corrected chi connectivity index (χ1v) is 10.00. The highest BCUT2D eigenvalue weighted by Gasteiger charge is 2.51. The molecule has 0 unspecified atom stereocenters. The quantitative estimate of drug-likeness (QED) is 0.863. The Kier molecular flexibility index (Phi) is 4.66. The number of allylic oxidation sites excluding steroid dienone is 1. The second-order valence-corrected chi connectivity index (χ2v) is 8.03. The van der Waals surface area contributed by atoms with Gasteiger partial charge in [-0.1, -0.05) is 42.0 Å². The molecule has 0 aliphatic carbocycles. The van der Waals surface area contributed by atoms with Crippen molar-refractivity contribution in [1.29, 1.82) is 5.26 Å². The predicted molar refractivity (Wildman–Crippen MR) is 107 cm³/mol. The highest BCUT2D eigenvalue weighted by Crippen LogP contribution is 2.51. The number of aryl methyl sites for hydroxylation is 1. The molecular weight excluding hydrogens is 372 g/mol. The van der Waals surface area contributed by atoms with Crippen LogP contribution >= 0.6 is 11.8 Å². The molecule has 2 aliphatic rings. The normalized spacial score (nSPS) is 24.1. The van der Waals surface area contributed by atoms with Gasteiger partial charge in [0.25, 0.3) is 0 Å². The zero-order chi connectivity index (χ0) is 19.9. The Balaban J connectivity index is 1.77. The summed E-state index contributed by atoms with van der Waals surface area (Å²) in [5.74, 6) is 0.500. The fourth-order valence-electron chi connectivity index (χ4n) is 3.78. The van der Waals surface area contributed by atoms with E-state index in [-0.39, 0.29) is 24.0 Å². The van der Waals surface area contributed by atoms with Crippen molar-refractivity contribution in [2.75, 3.05) is 12.9 Å². The minimum absolute atomic E-state index is 0.161. The van der Waals surface area contributed by atoms with E-state index >= 15 is 0 Å². The topological polar surface area (TPSA) is 73.6 Å². The molecule has 28 heavy (non-hydrogen) atoms. The summed E-state index contributed by atoms with van der Waals surface area (Å²) in [5, 5.41) is 21.8. The number of ether oxygens (including phenoxy) is 1. The molecular formula is C22H20N2O3S. The van der Waals surface area contributed by atoms with Crippen molar-refractivity contribution in [2.24, 2.45) is 0 Å². The van der Waals surface area contributed by atoms with Crippen LogP contribution in [0, 0.1) is 18.3 Å². The number of aliphatic hydroxyl groups is 1. The largest absolute Gasteiger partial charge is 0.497 e. The molecule has 142 valence electrons. The van der Waals surface area contributed by atoms with Gasteiger partial charge in [0, 0.05) is 17.9 Å². The van der Waals surface area contributed by atoms with E-state index in [1.807, 2.05) is 31.2 Å². The molecule has 2 aromatic rings. The smallest absolute Gasteiger partial charge is 0.231 e. The number of amides is 1. The van der Waals surface area contributed by atoms with Gasteiger partial charge < -0.3 is 9.84 Å². The second-order valence-electron chi connectivity index (χ2n) is 7.06. The molecule has 5 nitrogen and oxygen atoms in total. The van der Waals surface area contributed by atoms with E-state index in [0.29, 0.717) is 21.9 Å². The van der Waals surface area contributed by atoms with Gasteiger partial charge in [0.15, 0.2) is 5.72 Å². The summed E-state index contributed by atoms with van der Waals surface area (Å²) in [6.07, 6.45) is 0.161. The number of rotatable bonds is 3. The fourth-order valence-corrected chi connectivity index (χ4v) is 5.14. The summed E-state index contributed by atoms with van der Waals surface area (Å²) in [7, 11) is 1.58. The predicted octanol–water partition coefficient (Wildman–Crippen LogP) is 3.65. The van der Waals surface area contributed by atoms with E-state index in [9.17, 15) is 15.2 Å². The number of carbonyl (C=O) groups excluding carboxylic acids is 1. The molecule has 6 heteroatoms. The molecule has 0 spiro atoms. The maximum Gasteiger partial charge on any atom is 0.231 e. The summed E-state index contributed by atoms with van der Waals surface area (Å²) in [4.78, 5) is 14.5. The number of nitrogens with zero attached hydrogens (tertiary/aromatic N) is 2. The lowest BCUT2D eigenvalue weighted by Crippen LogP contribution is -2.48. The number of methoxy groups -OCH3 is 1. The Morgan fingerprint density at radius 1 is 1.21 bits per heavy atom. The van der Waals surface area contributed by atoms with E-state index < -0.39 is 5.72 Å². The van der Waals surface area contributed by atoms with E-state index in [0.717, 1.165) is 11.1 Å². The molecule has 0 saturated carbocycles. The summed E-state index contributed by atoms with van der Waals surface area (Å²) in [6, 6.07) is 17.2. The Bertz CT molecular complexity index is 992. The summed E-state index contributed by atoms with van der Waals surface area (Å²) < 4.78 is 5.18. The van der Waals surface area contributed by atoms with E-state index in [1.165, 1.54) is 16.7 Å². The number of hydrogen-bond acceptors (Lipinski definition) is 5. The molecule has 1 amide bonds. The Hall–Kier alpha value is -2.75. The van der Waals surface area contributed by atoms with Crippen molar-refractivity contribution in [1.82, 2.24) is 4.90 Å². The maximum atomic E-state index is 13.1. The van der Waals surface area contributed by atoms with Gasteiger partial charge in [0.1, 0.15) is 5.75 Å². The van der Waals surface area contributed by atoms with Gasteiger partial charge in [-0.25, -0.2) is 0 Å². The number of thioether (sulfide) groups is 1. The van der Waals surface area contributed by atoms with Gasteiger partial charge in [-0.05, 0) is 24.6 Å². The van der Waals surface area contributed by atoms with Crippen LogP contribution in [0.2, 0.25) is 0 Å². The molecule has 2 aromatic carbocycles. The van der Waals surface area contributed by atoms with Crippen molar-refractivity contribution in [2.45, 2.75) is 25.0 Å². The van der Waals surface area contributed by atoms with Crippen LogP contribution in [-0.2, 0) is 10.5 Å². The number of benzene rings is 2. The van der Waals surface area contributed by atoms with Gasteiger partial charge in [0.05, 0.1) is 29.5 Å².